The van der Waals surface area contributed by atoms with E-state index in [1.165, 1.54) is 0 Å². The minimum atomic E-state index is -3.38. The molecule has 0 aromatic heterocycles. The molecule has 0 unspecified atom stereocenters. The molecular weight excluding hydrogens is 306 g/mol. The van der Waals surface area contributed by atoms with E-state index in [0.717, 1.165) is 0 Å². The monoisotopic (exact) mass is 317 g/mol. The lowest BCUT2D eigenvalue weighted by molar-refractivity contribution is 0.598. The Balaban J connectivity index is 2.86. The van der Waals surface area contributed by atoms with Gasteiger partial charge in [0.25, 0.3) is 0 Å². The van der Waals surface area contributed by atoms with Gasteiger partial charge in [-0.3, -0.25) is 4.72 Å². The second-order valence-electron chi connectivity index (χ2n) is 3.37. The quantitative estimate of drug-likeness (QED) is 0.858. The average Bonchev–Trinajstić information content (AvgIpc) is 2.29. The van der Waals surface area contributed by atoms with Crippen molar-refractivity contribution >= 4 is 31.6 Å². The molecule has 0 aliphatic rings. The first-order chi connectivity index (χ1) is 7.98. The van der Waals surface area contributed by atoms with Gasteiger partial charge in [0.1, 0.15) is 0 Å². The summed E-state index contributed by atoms with van der Waals surface area (Å²) in [7, 11) is -3.38. The van der Waals surface area contributed by atoms with E-state index >= 15 is 0 Å². The summed E-state index contributed by atoms with van der Waals surface area (Å²) in [6.45, 7) is 0.329. The molecule has 0 saturated carbocycles. The Bertz CT molecular complexity index is 537. The van der Waals surface area contributed by atoms with Crippen molar-refractivity contribution in [1.29, 1.82) is 5.26 Å². The first kappa shape index (κ1) is 14.0. The molecule has 92 valence electrons. The summed E-state index contributed by atoms with van der Waals surface area (Å²) < 4.78 is 26.2. The smallest absolute Gasteiger partial charge is 0.232 e. The van der Waals surface area contributed by atoms with Crippen LogP contribution in [0, 0.1) is 11.3 Å². The summed E-state index contributed by atoms with van der Waals surface area (Å²) in [4.78, 5) is 0. The zero-order valence-corrected chi connectivity index (χ0v) is 11.4. The Kier molecular flexibility index (Phi) is 4.93. The number of nitriles is 1. The minimum Gasteiger partial charge on any atom is -0.330 e. The molecule has 1 rings (SSSR count). The van der Waals surface area contributed by atoms with Gasteiger partial charge in [-0.1, -0.05) is 0 Å². The maximum Gasteiger partial charge on any atom is 0.232 e. The van der Waals surface area contributed by atoms with Crippen LogP contribution in [0.4, 0.5) is 5.69 Å². The molecule has 0 atom stereocenters. The fourth-order valence-electron chi connectivity index (χ4n) is 1.16. The zero-order chi connectivity index (χ0) is 12.9. The molecule has 0 amide bonds. The molecule has 0 bridgehead atoms. The molecule has 5 nitrogen and oxygen atoms in total. The van der Waals surface area contributed by atoms with Crippen LogP contribution in [-0.4, -0.2) is 20.7 Å². The summed E-state index contributed by atoms with van der Waals surface area (Å²) in [5.74, 6) is -0.0179. The molecule has 0 heterocycles. The lowest BCUT2D eigenvalue weighted by atomic mass is 10.2. The number of rotatable bonds is 5. The van der Waals surface area contributed by atoms with Gasteiger partial charge in [-0.2, -0.15) is 5.26 Å². The number of nitrogens with one attached hydrogen (secondary N) is 1. The number of benzene rings is 1. The van der Waals surface area contributed by atoms with Crippen LogP contribution in [0.3, 0.4) is 0 Å². The molecule has 0 fully saturated rings. The highest BCUT2D eigenvalue weighted by Gasteiger charge is 2.11. The number of hydrogen-bond acceptors (Lipinski definition) is 4. The summed E-state index contributed by atoms with van der Waals surface area (Å²) in [5.41, 5.74) is 6.14. The molecule has 3 N–H and O–H groups in total. The molecule has 1 aromatic rings. The van der Waals surface area contributed by atoms with Crippen LogP contribution in [0.5, 0.6) is 0 Å². The van der Waals surface area contributed by atoms with Crippen LogP contribution in [-0.2, 0) is 10.0 Å². The van der Waals surface area contributed by atoms with Gasteiger partial charge in [0.05, 0.1) is 23.1 Å². The normalized spacial score (nSPS) is 10.9. The third-order valence-corrected chi connectivity index (χ3v) is 3.99. The van der Waals surface area contributed by atoms with E-state index in [0.29, 0.717) is 28.7 Å². The first-order valence-electron chi connectivity index (χ1n) is 4.89. The molecular formula is C10H12BrN3O2S. The van der Waals surface area contributed by atoms with E-state index in [1.54, 1.807) is 18.2 Å². The van der Waals surface area contributed by atoms with Crippen LogP contribution in [0.15, 0.2) is 22.7 Å². The SMILES string of the molecule is N#Cc1ccc(NS(=O)(=O)CCCN)c(Br)c1. The van der Waals surface area contributed by atoms with Crippen molar-refractivity contribution in [1.82, 2.24) is 0 Å². The summed E-state index contributed by atoms with van der Waals surface area (Å²) in [6.07, 6.45) is 0.406. The maximum atomic E-state index is 11.6. The first-order valence-corrected chi connectivity index (χ1v) is 7.33. The summed E-state index contributed by atoms with van der Waals surface area (Å²) in [6, 6.07) is 6.62. The van der Waals surface area contributed by atoms with Crippen molar-refractivity contribution in [2.24, 2.45) is 5.73 Å². The summed E-state index contributed by atoms with van der Waals surface area (Å²) >= 11 is 3.21. The second kappa shape index (κ2) is 6.00. The van der Waals surface area contributed by atoms with Gasteiger partial charge < -0.3 is 5.73 Å². The van der Waals surface area contributed by atoms with Crippen molar-refractivity contribution in [2.45, 2.75) is 6.42 Å². The Hall–Kier alpha value is -1.10. The van der Waals surface area contributed by atoms with E-state index in [2.05, 4.69) is 20.7 Å². The Morgan fingerprint density at radius 2 is 2.18 bits per heavy atom. The van der Waals surface area contributed by atoms with Crippen molar-refractivity contribution in [2.75, 3.05) is 17.0 Å². The van der Waals surface area contributed by atoms with E-state index in [9.17, 15) is 8.42 Å². The molecule has 0 aliphatic heterocycles. The Labute approximate surface area is 109 Å². The number of hydrogen-bond donors (Lipinski definition) is 2. The van der Waals surface area contributed by atoms with Crippen LogP contribution in [0.25, 0.3) is 0 Å². The van der Waals surface area contributed by atoms with Crippen molar-refractivity contribution in [3.63, 3.8) is 0 Å². The van der Waals surface area contributed by atoms with Gasteiger partial charge in [0.15, 0.2) is 0 Å². The average molecular weight is 318 g/mol. The molecule has 0 radical (unpaired) electrons. The van der Waals surface area contributed by atoms with E-state index < -0.39 is 10.0 Å². The van der Waals surface area contributed by atoms with Gasteiger partial charge >= 0.3 is 0 Å². The van der Waals surface area contributed by atoms with Gasteiger partial charge in [-0.15, -0.1) is 0 Å². The minimum absolute atomic E-state index is 0.0179. The number of nitrogens with zero attached hydrogens (tertiary/aromatic N) is 1. The van der Waals surface area contributed by atoms with Crippen molar-refractivity contribution < 1.29 is 8.42 Å². The maximum absolute atomic E-state index is 11.6. The third kappa shape index (κ3) is 4.34. The zero-order valence-electron chi connectivity index (χ0n) is 8.98. The number of anilines is 1. The number of halogens is 1. The predicted molar refractivity (Wildman–Crippen MR) is 69.9 cm³/mol. The van der Waals surface area contributed by atoms with E-state index in [-0.39, 0.29) is 5.75 Å². The highest BCUT2D eigenvalue weighted by atomic mass is 79.9. The van der Waals surface area contributed by atoms with Gasteiger partial charge in [-0.25, -0.2) is 8.42 Å². The van der Waals surface area contributed by atoms with E-state index in [1.807, 2.05) is 6.07 Å². The van der Waals surface area contributed by atoms with Crippen LogP contribution in [0.1, 0.15) is 12.0 Å². The summed E-state index contributed by atoms with van der Waals surface area (Å²) in [5, 5.41) is 8.68. The van der Waals surface area contributed by atoms with E-state index in [4.69, 9.17) is 11.0 Å². The highest BCUT2D eigenvalue weighted by Crippen LogP contribution is 2.24. The highest BCUT2D eigenvalue weighted by molar-refractivity contribution is 9.10. The molecule has 0 saturated heterocycles. The van der Waals surface area contributed by atoms with Gasteiger partial charge in [0, 0.05) is 4.47 Å². The molecule has 0 spiro atoms. The fourth-order valence-corrected chi connectivity index (χ4v) is 2.93. The van der Waals surface area contributed by atoms with Crippen LogP contribution in [0.2, 0.25) is 0 Å². The second-order valence-corrected chi connectivity index (χ2v) is 6.07. The Morgan fingerprint density at radius 3 is 2.71 bits per heavy atom. The molecule has 17 heavy (non-hydrogen) atoms. The molecule has 0 aliphatic carbocycles. The number of nitrogens with two attached hydrogens (primary N) is 1. The topological polar surface area (TPSA) is 96.0 Å². The van der Waals surface area contributed by atoms with Crippen LogP contribution < -0.4 is 10.5 Å². The van der Waals surface area contributed by atoms with Crippen molar-refractivity contribution in [3.05, 3.63) is 28.2 Å². The lowest BCUT2D eigenvalue weighted by Crippen LogP contribution is -2.19. The Morgan fingerprint density at radius 1 is 1.47 bits per heavy atom. The largest absolute Gasteiger partial charge is 0.330 e. The van der Waals surface area contributed by atoms with Crippen molar-refractivity contribution in [3.8, 4) is 6.07 Å². The molecule has 7 heteroatoms. The predicted octanol–water partition coefficient (Wildman–Crippen LogP) is 1.41. The van der Waals surface area contributed by atoms with Crippen LogP contribution >= 0.6 is 15.9 Å². The standard InChI is InChI=1S/C10H12BrN3O2S/c11-9-6-8(7-13)2-3-10(9)14-17(15,16)5-1-4-12/h2-3,6,14H,1,4-5,12H2. The van der Waals surface area contributed by atoms with Gasteiger partial charge in [0.2, 0.25) is 10.0 Å². The third-order valence-electron chi connectivity index (χ3n) is 1.98. The molecule has 1 aromatic carbocycles. The number of sulfonamides is 1. The lowest BCUT2D eigenvalue weighted by Gasteiger charge is -2.09. The fraction of sp³-hybridized carbons (Fsp3) is 0.300. The van der Waals surface area contributed by atoms with Gasteiger partial charge in [-0.05, 0) is 47.1 Å².